The molecule has 0 atom stereocenters. The molecule has 0 aliphatic heterocycles. The Hall–Kier alpha value is -0.465. The van der Waals surface area contributed by atoms with Crippen LogP contribution < -0.4 is 0 Å². The van der Waals surface area contributed by atoms with Gasteiger partial charge < -0.3 is 4.90 Å². The summed E-state index contributed by atoms with van der Waals surface area (Å²) in [5.41, 5.74) is 0. The van der Waals surface area contributed by atoms with E-state index in [1.807, 2.05) is 7.85 Å². The quantitative estimate of drug-likeness (QED) is 0.442. The highest BCUT2D eigenvalue weighted by molar-refractivity contribution is 6.09. The van der Waals surface area contributed by atoms with E-state index in [4.69, 9.17) is 0 Å². The van der Waals surface area contributed by atoms with E-state index in [0.29, 0.717) is 6.42 Å². The third-order valence-corrected chi connectivity index (χ3v) is 0.963. The van der Waals surface area contributed by atoms with Gasteiger partial charge in [-0.3, -0.25) is 4.79 Å². The molecule has 0 saturated carbocycles. The summed E-state index contributed by atoms with van der Waals surface area (Å²) >= 11 is 0. The van der Waals surface area contributed by atoms with Gasteiger partial charge >= 0.3 is 0 Å². The van der Waals surface area contributed by atoms with Gasteiger partial charge in [-0.1, -0.05) is 6.32 Å². The maximum Gasteiger partial charge on any atom is 0.221 e. The topological polar surface area (TPSA) is 20.3 Å². The van der Waals surface area contributed by atoms with Gasteiger partial charge in [0.25, 0.3) is 0 Å². The molecule has 8 heavy (non-hydrogen) atoms. The van der Waals surface area contributed by atoms with Gasteiger partial charge in [-0.05, 0) is 0 Å². The number of hydrogen-bond acceptors (Lipinski definition) is 1. The molecule has 0 rings (SSSR count). The lowest BCUT2D eigenvalue weighted by Crippen LogP contribution is -2.20. The number of nitrogens with zero attached hydrogens (tertiary/aromatic N) is 1. The molecule has 0 bridgehead atoms. The van der Waals surface area contributed by atoms with Gasteiger partial charge in [0, 0.05) is 20.5 Å². The van der Waals surface area contributed by atoms with E-state index in [1.54, 1.807) is 19.0 Å². The van der Waals surface area contributed by atoms with Crippen molar-refractivity contribution in [3.05, 3.63) is 0 Å². The Morgan fingerprint density at radius 1 is 1.62 bits per heavy atom. The number of hydrogen-bond donors (Lipinski definition) is 0. The molecule has 0 aromatic heterocycles. The molecule has 0 heterocycles. The fraction of sp³-hybridized carbons (Fsp3) is 0.800. The Labute approximate surface area is 51.3 Å². The van der Waals surface area contributed by atoms with Crippen molar-refractivity contribution >= 4 is 13.8 Å². The van der Waals surface area contributed by atoms with Gasteiger partial charge in [-0.25, -0.2) is 0 Å². The molecular formula is C5H12BNO. The predicted octanol–water partition coefficient (Wildman–Crippen LogP) is -0.484. The van der Waals surface area contributed by atoms with Crippen LogP contribution in [0.25, 0.3) is 0 Å². The van der Waals surface area contributed by atoms with Crippen LogP contribution in [0.1, 0.15) is 6.42 Å². The minimum absolute atomic E-state index is 0.215. The van der Waals surface area contributed by atoms with Gasteiger partial charge in [-0.2, -0.15) is 0 Å². The highest BCUT2D eigenvalue weighted by Crippen LogP contribution is 1.88. The van der Waals surface area contributed by atoms with Crippen molar-refractivity contribution in [2.45, 2.75) is 12.7 Å². The molecular weight excluding hydrogens is 101 g/mol. The molecule has 0 aliphatic carbocycles. The molecule has 0 saturated heterocycles. The zero-order valence-corrected chi connectivity index (χ0v) is 5.77. The van der Waals surface area contributed by atoms with E-state index in [9.17, 15) is 4.79 Å². The van der Waals surface area contributed by atoms with Crippen molar-refractivity contribution in [3.8, 4) is 0 Å². The van der Waals surface area contributed by atoms with Crippen LogP contribution in [0, 0.1) is 0 Å². The van der Waals surface area contributed by atoms with Crippen LogP contribution in [0.5, 0.6) is 0 Å². The SMILES string of the molecule is BCCC(=O)N(C)C. The zero-order chi connectivity index (χ0) is 6.57. The molecule has 46 valence electrons. The van der Waals surface area contributed by atoms with Gasteiger partial charge in [-0.15, -0.1) is 0 Å². The van der Waals surface area contributed by atoms with E-state index < -0.39 is 0 Å². The third kappa shape index (κ3) is 2.67. The largest absolute Gasteiger partial charge is 0.349 e. The van der Waals surface area contributed by atoms with E-state index in [0.717, 1.165) is 6.32 Å². The van der Waals surface area contributed by atoms with Crippen molar-refractivity contribution in [2.24, 2.45) is 0 Å². The van der Waals surface area contributed by atoms with Crippen LogP contribution in [-0.2, 0) is 4.79 Å². The van der Waals surface area contributed by atoms with Crippen molar-refractivity contribution in [3.63, 3.8) is 0 Å². The van der Waals surface area contributed by atoms with E-state index in [1.165, 1.54) is 0 Å². The molecule has 0 radical (unpaired) electrons. The van der Waals surface area contributed by atoms with Crippen LogP contribution in [-0.4, -0.2) is 32.7 Å². The number of carbonyl (C=O) groups is 1. The fourth-order valence-electron chi connectivity index (χ4n) is 0.437. The summed E-state index contributed by atoms with van der Waals surface area (Å²) < 4.78 is 0. The van der Waals surface area contributed by atoms with Crippen molar-refractivity contribution < 1.29 is 4.79 Å². The molecule has 1 amide bonds. The second-order valence-corrected chi connectivity index (χ2v) is 2.04. The summed E-state index contributed by atoms with van der Waals surface area (Å²) in [6.07, 6.45) is 1.62. The minimum Gasteiger partial charge on any atom is -0.349 e. The summed E-state index contributed by atoms with van der Waals surface area (Å²) in [6, 6.07) is 0. The first-order valence-electron chi connectivity index (χ1n) is 2.88. The van der Waals surface area contributed by atoms with Gasteiger partial charge in [0.15, 0.2) is 0 Å². The van der Waals surface area contributed by atoms with Gasteiger partial charge in [0.2, 0.25) is 5.91 Å². The first kappa shape index (κ1) is 7.53. The van der Waals surface area contributed by atoms with Crippen LogP contribution in [0.3, 0.4) is 0 Å². The molecule has 0 aromatic carbocycles. The van der Waals surface area contributed by atoms with E-state index in [2.05, 4.69) is 0 Å². The smallest absolute Gasteiger partial charge is 0.221 e. The maximum absolute atomic E-state index is 10.7. The minimum atomic E-state index is 0.215. The molecule has 0 unspecified atom stereocenters. The Bertz CT molecular complexity index is 82.5. The Balaban J connectivity index is 3.33. The van der Waals surface area contributed by atoms with Gasteiger partial charge in [0.05, 0.1) is 0 Å². The number of rotatable bonds is 2. The summed E-state index contributed by atoms with van der Waals surface area (Å²) in [6.45, 7) is 0. The van der Waals surface area contributed by atoms with Crippen LogP contribution in [0.4, 0.5) is 0 Å². The zero-order valence-electron chi connectivity index (χ0n) is 5.77. The summed E-state index contributed by atoms with van der Waals surface area (Å²) in [7, 11) is 5.55. The van der Waals surface area contributed by atoms with Crippen molar-refractivity contribution in [2.75, 3.05) is 14.1 Å². The summed E-state index contributed by atoms with van der Waals surface area (Å²) in [5, 5.41) is 0. The van der Waals surface area contributed by atoms with Crippen LogP contribution in [0.15, 0.2) is 0 Å². The molecule has 0 N–H and O–H groups in total. The molecule has 3 heteroatoms. The maximum atomic E-state index is 10.7. The molecule has 0 aromatic rings. The lowest BCUT2D eigenvalue weighted by Gasteiger charge is -2.07. The standard InChI is InChI=1S/C5H12BNO/c1-7(2)5(8)3-4-6/h3-4,6H2,1-2H3. The average molecular weight is 113 g/mol. The lowest BCUT2D eigenvalue weighted by atomic mass is 10.0. The predicted molar refractivity (Wildman–Crippen MR) is 36.7 cm³/mol. The van der Waals surface area contributed by atoms with Gasteiger partial charge in [0.1, 0.15) is 7.85 Å². The summed E-state index contributed by atoms with van der Waals surface area (Å²) in [4.78, 5) is 12.3. The second-order valence-electron chi connectivity index (χ2n) is 2.04. The Morgan fingerprint density at radius 3 is 2.25 bits per heavy atom. The van der Waals surface area contributed by atoms with Crippen LogP contribution >= 0.6 is 0 Å². The normalized spacial score (nSPS) is 8.75. The summed E-state index contributed by atoms with van der Waals surface area (Å²) in [5.74, 6) is 0.215. The molecule has 0 spiro atoms. The lowest BCUT2D eigenvalue weighted by molar-refractivity contribution is -0.128. The van der Waals surface area contributed by atoms with Crippen LogP contribution in [0.2, 0.25) is 6.32 Å². The molecule has 0 fully saturated rings. The fourth-order valence-corrected chi connectivity index (χ4v) is 0.437. The van der Waals surface area contributed by atoms with Crippen molar-refractivity contribution in [1.29, 1.82) is 0 Å². The van der Waals surface area contributed by atoms with E-state index >= 15 is 0 Å². The monoisotopic (exact) mass is 113 g/mol. The van der Waals surface area contributed by atoms with E-state index in [-0.39, 0.29) is 5.91 Å². The molecule has 0 aliphatic rings. The van der Waals surface area contributed by atoms with Crippen molar-refractivity contribution in [1.82, 2.24) is 4.90 Å². The Morgan fingerprint density at radius 2 is 2.12 bits per heavy atom. The highest BCUT2D eigenvalue weighted by Gasteiger charge is 1.98. The first-order valence-corrected chi connectivity index (χ1v) is 2.88. The third-order valence-electron chi connectivity index (χ3n) is 0.963. The average Bonchev–Trinajstić information content (AvgIpc) is 1.67. The number of amides is 1. The molecule has 2 nitrogen and oxygen atoms in total. The number of carbonyl (C=O) groups excluding carboxylic acids is 1. The second kappa shape index (κ2) is 3.53. The highest BCUT2D eigenvalue weighted by atomic mass is 16.2. The first-order chi connectivity index (χ1) is 3.68. The Kier molecular flexibility index (Phi) is 3.32.